The molecule has 0 saturated heterocycles. The summed E-state index contributed by atoms with van der Waals surface area (Å²) in [7, 11) is 1.74. The molecule has 2 amide bonds. The van der Waals surface area contributed by atoms with Crippen LogP contribution in [-0.4, -0.2) is 23.8 Å². The molecule has 0 atom stereocenters. The summed E-state index contributed by atoms with van der Waals surface area (Å²) in [5, 5.41) is 2.70. The number of aryl methyl sites for hydroxylation is 1. The quantitative estimate of drug-likeness (QED) is 0.657. The van der Waals surface area contributed by atoms with E-state index in [0.717, 1.165) is 22.4 Å². The molecule has 3 aromatic rings. The highest BCUT2D eigenvalue weighted by Gasteiger charge is 2.15. The first-order chi connectivity index (χ1) is 14.4. The third-order valence-electron chi connectivity index (χ3n) is 4.96. The molecule has 0 saturated carbocycles. The number of rotatable bonds is 6. The maximum atomic E-state index is 14.6. The maximum Gasteiger partial charge on any atom is 0.254 e. The minimum atomic E-state index is -0.587. The Balaban J connectivity index is 1.77. The lowest BCUT2D eigenvalue weighted by atomic mass is 10.00. The summed E-state index contributed by atoms with van der Waals surface area (Å²) in [6.07, 6.45) is 3.72. The molecule has 30 heavy (non-hydrogen) atoms. The third-order valence-corrected chi connectivity index (χ3v) is 4.96. The topological polar surface area (TPSA) is 62.3 Å². The molecule has 5 nitrogen and oxygen atoms in total. The zero-order valence-electron chi connectivity index (χ0n) is 17.3. The molecule has 0 unspecified atom stereocenters. The van der Waals surface area contributed by atoms with Gasteiger partial charge in [0.15, 0.2) is 0 Å². The molecule has 154 valence electrons. The largest absolute Gasteiger partial charge is 0.348 e. The molecule has 6 heteroatoms. The molecule has 0 aliphatic heterocycles. The van der Waals surface area contributed by atoms with Crippen molar-refractivity contribution in [3.8, 4) is 11.1 Å². The van der Waals surface area contributed by atoms with Gasteiger partial charge in [0, 0.05) is 38.1 Å². The summed E-state index contributed by atoms with van der Waals surface area (Å²) in [5.74, 6) is -1.04. The highest BCUT2D eigenvalue weighted by Crippen LogP contribution is 2.28. The minimum absolute atomic E-state index is 0.00995. The van der Waals surface area contributed by atoms with Gasteiger partial charge in [0.1, 0.15) is 5.82 Å². The molecule has 0 spiro atoms. The van der Waals surface area contributed by atoms with Crippen molar-refractivity contribution in [3.63, 3.8) is 0 Å². The van der Waals surface area contributed by atoms with Gasteiger partial charge in [0.25, 0.3) is 5.91 Å². The summed E-state index contributed by atoms with van der Waals surface area (Å²) in [4.78, 5) is 29.9. The first kappa shape index (κ1) is 21.2. The molecule has 2 aromatic carbocycles. The Morgan fingerprint density at radius 1 is 1.10 bits per heavy atom. The first-order valence-corrected chi connectivity index (χ1v) is 9.75. The third kappa shape index (κ3) is 4.71. The summed E-state index contributed by atoms with van der Waals surface area (Å²) in [6, 6.07) is 13.8. The summed E-state index contributed by atoms with van der Waals surface area (Å²) < 4.78 is 14.6. The normalized spacial score (nSPS) is 10.5. The van der Waals surface area contributed by atoms with Crippen LogP contribution in [0.5, 0.6) is 0 Å². The van der Waals surface area contributed by atoms with Crippen LogP contribution in [-0.2, 0) is 11.3 Å². The van der Waals surface area contributed by atoms with E-state index in [0.29, 0.717) is 12.0 Å². The van der Waals surface area contributed by atoms with Crippen molar-refractivity contribution >= 4 is 17.5 Å². The number of benzene rings is 2. The van der Waals surface area contributed by atoms with E-state index in [4.69, 9.17) is 0 Å². The van der Waals surface area contributed by atoms with E-state index in [9.17, 15) is 14.0 Å². The number of nitrogens with zero attached hydrogens (tertiary/aromatic N) is 2. The van der Waals surface area contributed by atoms with Gasteiger partial charge in [0.05, 0.1) is 5.56 Å². The predicted molar refractivity (Wildman–Crippen MR) is 116 cm³/mol. The Kier molecular flexibility index (Phi) is 6.57. The highest BCUT2D eigenvalue weighted by molar-refractivity contribution is 5.95. The lowest BCUT2D eigenvalue weighted by Crippen LogP contribution is -2.25. The minimum Gasteiger partial charge on any atom is -0.348 e. The Hall–Kier alpha value is -3.54. The number of aromatic nitrogens is 1. The van der Waals surface area contributed by atoms with Crippen molar-refractivity contribution in [2.75, 3.05) is 11.9 Å². The van der Waals surface area contributed by atoms with E-state index >= 15 is 0 Å². The molecule has 1 N–H and O–H groups in total. The zero-order chi connectivity index (χ0) is 21.7. The van der Waals surface area contributed by atoms with E-state index in [1.165, 1.54) is 12.1 Å². The molecule has 0 bridgehead atoms. The summed E-state index contributed by atoms with van der Waals surface area (Å²) in [5.41, 5.74) is 4.03. The van der Waals surface area contributed by atoms with Gasteiger partial charge in [-0.2, -0.15) is 0 Å². The molecule has 0 fully saturated rings. The Bertz CT molecular complexity index is 1070. The first-order valence-electron chi connectivity index (χ1n) is 9.75. The highest BCUT2D eigenvalue weighted by atomic mass is 19.1. The molecule has 0 aliphatic rings. The monoisotopic (exact) mass is 405 g/mol. The van der Waals surface area contributed by atoms with Crippen LogP contribution in [0.1, 0.15) is 34.8 Å². The number of hydrogen-bond donors (Lipinski definition) is 1. The predicted octanol–water partition coefficient (Wildman–Crippen LogP) is 4.50. The fraction of sp³-hybridized carbons (Fsp3) is 0.208. The van der Waals surface area contributed by atoms with Gasteiger partial charge < -0.3 is 10.2 Å². The number of carbonyl (C=O) groups is 2. The van der Waals surface area contributed by atoms with Crippen molar-refractivity contribution in [1.82, 2.24) is 10.3 Å². The van der Waals surface area contributed by atoms with Crippen molar-refractivity contribution in [3.05, 3.63) is 83.4 Å². The number of amides is 2. The van der Waals surface area contributed by atoms with E-state index < -0.39 is 11.7 Å². The Morgan fingerprint density at radius 2 is 1.83 bits per heavy atom. The van der Waals surface area contributed by atoms with Gasteiger partial charge in [-0.3, -0.25) is 14.6 Å². The van der Waals surface area contributed by atoms with Crippen LogP contribution in [0.25, 0.3) is 11.1 Å². The molecular formula is C24H24FN3O2. The van der Waals surface area contributed by atoms with Crippen molar-refractivity contribution < 1.29 is 14.0 Å². The van der Waals surface area contributed by atoms with Crippen molar-refractivity contribution in [1.29, 1.82) is 0 Å². The summed E-state index contributed by atoms with van der Waals surface area (Å²) >= 11 is 0. The molecule has 3 rings (SSSR count). The SMILES string of the molecule is CCC(=O)N(C)c1ccc(-c2ccc(C(=O)NCc3cccnc3)c(F)c2)cc1C. The van der Waals surface area contributed by atoms with Crippen LogP contribution in [0, 0.1) is 12.7 Å². The van der Waals surface area contributed by atoms with Crippen molar-refractivity contribution in [2.45, 2.75) is 26.8 Å². The van der Waals surface area contributed by atoms with Gasteiger partial charge in [-0.1, -0.05) is 25.1 Å². The van der Waals surface area contributed by atoms with Crippen LogP contribution in [0.2, 0.25) is 0 Å². The van der Waals surface area contributed by atoms with E-state index in [1.54, 1.807) is 36.5 Å². The second-order valence-electron chi connectivity index (χ2n) is 7.05. The average Bonchev–Trinajstić information content (AvgIpc) is 2.77. The number of carbonyl (C=O) groups excluding carboxylic acids is 2. The van der Waals surface area contributed by atoms with E-state index in [-0.39, 0.29) is 18.0 Å². The summed E-state index contributed by atoms with van der Waals surface area (Å²) in [6.45, 7) is 4.01. The average molecular weight is 405 g/mol. The second-order valence-corrected chi connectivity index (χ2v) is 7.05. The maximum absolute atomic E-state index is 14.6. The fourth-order valence-corrected chi connectivity index (χ4v) is 3.24. The van der Waals surface area contributed by atoms with Crippen molar-refractivity contribution in [2.24, 2.45) is 0 Å². The molecule has 0 radical (unpaired) electrons. The van der Waals surface area contributed by atoms with E-state index in [2.05, 4.69) is 10.3 Å². The van der Waals surface area contributed by atoms with Crippen LogP contribution in [0.15, 0.2) is 60.9 Å². The van der Waals surface area contributed by atoms with Crippen LogP contribution in [0.3, 0.4) is 0 Å². The second kappa shape index (κ2) is 9.31. The number of halogens is 1. The van der Waals surface area contributed by atoms with Crippen LogP contribution in [0.4, 0.5) is 10.1 Å². The number of anilines is 1. The standard InChI is InChI=1S/C24H24FN3O2/c1-4-23(29)28(3)22-10-8-18(12-16(22)2)19-7-9-20(21(25)13-19)24(30)27-15-17-6-5-11-26-14-17/h5-14H,4,15H2,1-3H3,(H,27,30). The number of nitrogens with one attached hydrogen (secondary N) is 1. The smallest absolute Gasteiger partial charge is 0.254 e. The zero-order valence-corrected chi connectivity index (χ0v) is 17.3. The van der Waals surface area contributed by atoms with Gasteiger partial charge in [0.2, 0.25) is 5.91 Å². The molecular weight excluding hydrogens is 381 g/mol. The number of hydrogen-bond acceptors (Lipinski definition) is 3. The lowest BCUT2D eigenvalue weighted by molar-refractivity contribution is -0.118. The Labute approximate surface area is 175 Å². The Morgan fingerprint density at radius 3 is 2.47 bits per heavy atom. The molecule has 1 aromatic heterocycles. The molecule has 1 heterocycles. The van der Waals surface area contributed by atoms with Crippen LogP contribution >= 0.6 is 0 Å². The van der Waals surface area contributed by atoms with Gasteiger partial charge >= 0.3 is 0 Å². The van der Waals surface area contributed by atoms with E-state index in [1.807, 2.05) is 38.1 Å². The van der Waals surface area contributed by atoms with Crippen LogP contribution < -0.4 is 10.2 Å². The lowest BCUT2D eigenvalue weighted by Gasteiger charge is -2.19. The number of pyridine rings is 1. The van der Waals surface area contributed by atoms with Gasteiger partial charge in [-0.25, -0.2) is 4.39 Å². The molecule has 0 aliphatic carbocycles. The van der Waals surface area contributed by atoms with Gasteiger partial charge in [-0.15, -0.1) is 0 Å². The fourth-order valence-electron chi connectivity index (χ4n) is 3.24. The van der Waals surface area contributed by atoms with Gasteiger partial charge in [-0.05, 0) is 59.5 Å².